The average Bonchev–Trinajstić information content (AvgIpc) is 3.03. The molecule has 7 amide bonds. The Bertz CT molecular complexity index is 1210. The zero-order valence-electron chi connectivity index (χ0n) is 28.3. The van der Waals surface area contributed by atoms with Crippen molar-refractivity contribution in [1.82, 2.24) is 26.7 Å². The quantitative estimate of drug-likeness (QED) is 0.0656. The molecule has 0 saturated heterocycles. The third-order valence-electron chi connectivity index (χ3n) is 6.98. The van der Waals surface area contributed by atoms with Crippen LogP contribution in [0.15, 0.2) is 24.3 Å². The molecule has 16 heteroatoms. The van der Waals surface area contributed by atoms with Crippen LogP contribution in [0.2, 0.25) is 0 Å². The van der Waals surface area contributed by atoms with Crippen molar-refractivity contribution in [2.24, 2.45) is 11.7 Å². The molecule has 0 fully saturated rings. The third-order valence-corrected chi connectivity index (χ3v) is 7.64. The van der Waals surface area contributed by atoms with E-state index in [2.05, 4.69) is 32.1 Å². The summed E-state index contributed by atoms with van der Waals surface area (Å²) in [6, 6.07) is 4.12. The maximum absolute atomic E-state index is 13.3. The van der Waals surface area contributed by atoms with Crippen LogP contribution < -0.4 is 37.8 Å². The summed E-state index contributed by atoms with van der Waals surface area (Å²) in [5.74, 6) is -2.03. The molecule has 268 valence electrons. The lowest BCUT2D eigenvalue weighted by atomic mass is 10.0. The Balaban J connectivity index is 2.70. The van der Waals surface area contributed by atoms with Gasteiger partial charge in [0.2, 0.25) is 29.5 Å². The summed E-state index contributed by atoms with van der Waals surface area (Å²) in [4.78, 5) is 89.8. The van der Waals surface area contributed by atoms with Crippen LogP contribution in [0.1, 0.15) is 84.1 Å². The van der Waals surface area contributed by atoms with E-state index < -0.39 is 29.9 Å². The number of primary amides is 1. The molecule has 0 heterocycles. The van der Waals surface area contributed by atoms with Crippen LogP contribution in [0.25, 0.3) is 0 Å². The van der Waals surface area contributed by atoms with Crippen LogP contribution in [0.4, 0.5) is 10.5 Å². The van der Waals surface area contributed by atoms with Gasteiger partial charge in [-0.1, -0.05) is 44.2 Å². The Labute approximate surface area is 286 Å². The second-order valence-corrected chi connectivity index (χ2v) is 12.4. The summed E-state index contributed by atoms with van der Waals surface area (Å²) in [6.07, 6.45) is 5.44. The standard InChI is InChI=1S/C32H51N7O8S/c1-21(2)29(38-26(41)12-8-13-28(43)48-4)31(45)37-25(10-9-19-35-32(33)46)30(44)36-24-16-14-23(15-17-24)20-47-39-27(42)11-6-5-7-18-34-22(3)40/h14-17,21,25,29H,5-13,18-20H2,1-4H3,(H,34,40)(H,36,44)(H,37,45)(H,38,41)(H,39,42)(H3,33,35,46). The molecule has 1 rings (SSSR count). The van der Waals surface area contributed by atoms with Crippen molar-refractivity contribution < 1.29 is 38.4 Å². The maximum Gasteiger partial charge on any atom is 0.312 e. The lowest BCUT2D eigenvalue weighted by molar-refractivity contribution is -0.134. The monoisotopic (exact) mass is 693 g/mol. The lowest BCUT2D eigenvalue weighted by Gasteiger charge is -2.25. The van der Waals surface area contributed by atoms with E-state index in [1.54, 1.807) is 44.4 Å². The maximum atomic E-state index is 13.3. The fourth-order valence-corrected chi connectivity index (χ4v) is 4.69. The number of urea groups is 1. The van der Waals surface area contributed by atoms with Crippen molar-refractivity contribution >= 4 is 58.1 Å². The zero-order valence-corrected chi connectivity index (χ0v) is 29.1. The highest BCUT2D eigenvalue weighted by Gasteiger charge is 2.28. The van der Waals surface area contributed by atoms with Gasteiger partial charge in [-0.3, -0.25) is 33.6 Å². The number of thioether (sulfide) groups is 1. The van der Waals surface area contributed by atoms with Gasteiger partial charge in [0, 0.05) is 45.0 Å². The van der Waals surface area contributed by atoms with Gasteiger partial charge in [0.25, 0.3) is 0 Å². The summed E-state index contributed by atoms with van der Waals surface area (Å²) in [7, 11) is 0. The van der Waals surface area contributed by atoms with Gasteiger partial charge in [-0.05, 0) is 62.0 Å². The van der Waals surface area contributed by atoms with E-state index in [9.17, 15) is 33.6 Å². The van der Waals surface area contributed by atoms with Crippen LogP contribution in [-0.2, 0) is 40.2 Å². The minimum atomic E-state index is -0.992. The molecular weight excluding hydrogens is 642 g/mol. The molecule has 15 nitrogen and oxygen atoms in total. The van der Waals surface area contributed by atoms with Crippen molar-refractivity contribution in [2.75, 3.05) is 24.7 Å². The van der Waals surface area contributed by atoms with Crippen molar-refractivity contribution in [1.29, 1.82) is 0 Å². The van der Waals surface area contributed by atoms with Gasteiger partial charge in [-0.2, -0.15) is 0 Å². The predicted molar refractivity (Wildman–Crippen MR) is 183 cm³/mol. The Kier molecular flexibility index (Phi) is 21.0. The number of benzene rings is 1. The van der Waals surface area contributed by atoms with Gasteiger partial charge in [-0.15, -0.1) is 0 Å². The fourth-order valence-electron chi connectivity index (χ4n) is 4.34. The van der Waals surface area contributed by atoms with Gasteiger partial charge in [-0.25, -0.2) is 10.3 Å². The number of anilines is 1. The van der Waals surface area contributed by atoms with E-state index in [4.69, 9.17) is 10.6 Å². The number of rotatable bonds is 23. The molecule has 0 radical (unpaired) electrons. The average molecular weight is 694 g/mol. The van der Waals surface area contributed by atoms with Crippen molar-refractivity contribution in [3.8, 4) is 0 Å². The molecule has 2 unspecified atom stereocenters. The molecule has 8 N–H and O–H groups in total. The number of nitrogens with one attached hydrogen (secondary N) is 6. The molecule has 1 aromatic rings. The molecule has 0 aliphatic heterocycles. The van der Waals surface area contributed by atoms with E-state index in [1.807, 2.05) is 0 Å². The summed E-state index contributed by atoms with van der Waals surface area (Å²) in [5, 5.41) is 13.4. The van der Waals surface area contributed by atoms with Crippen LogP contribution in [0.5, 0.6) is 0 Å². The van der Waals surface area contributed by atoms with Gasteiger partial charge in [0.15, 0.2) is 5.12 Å². The molecule has 0 saturated carbocycles. The van der Waals surface area contributed by atoms with E-state index in [-0.39, 0.29) is 61.2 Å². The molecule has 0 bridgehead atoms. The van der Waals surface area contributed by atoms with E-state index in [0.29, 0.717) is 37.9 Å². The number of nitrogens with two attached hydrogens (primary N) is 1. The first kappa shape index (κ1) is 41.8. The highest BCUT2D eigenvalue weighted by Crippen LogP contribution is 2.13. The predicted octanol–water partition coefficient (Wildman–Crippen LogP) is 2.00. The van der Waals surface area contributed by atoms with Gasteiger partial charge in [0.1, 0.15) is 12.1 Å². The molecule has 0 aliphatic rings. The normalized spacial score (nSPS) is 11.9. The number of hydroxylamine groups is 1. The topological polar surface area (TPSA) is 227 Å². The summed E-state index contributed by atoms with van der Waals surface area (Å²) in [5.41, 5.74) is 8.72. The van der Waals surface area contributed by atoms with Crippen LogP contribution >= 0.6 is 11.8 Å². The minimum absolute atomic E-state index is 0.0213. The van der Waals surface area contributed by atoms with Crippen molar-refractivity contribution in [2.45, 2.75) is 97.2 Å². The molecule has 0 aliphatic carbocycles. The fraction of sp³-hybridized carbons (Fsp3) is 0.594. The molecule has 0 spiro atoms. The number of carbonyl (C=O) groups excluding carboxylic acids is 7. The minimum Gasteiger partial charge on any atom is -0.356 e. The first-order valence-electron chi connectivity index (χ1n) is 16.1. The van der Waals surface area contributed by atoms with Gasteiger partial charge in [0.05, 0.1) is 6.61 Å². The Hall–Kier alpha value is -4.18. The van der Waals surface area contributed by atoms with Gasteiger partial charge >= 0.3 is 6.03 Å². The molecular formula is C32H51N7O8S. The molecule has 1 aromatic carbocycles. The van der Waals surface area contributed by atoms with E-state index in [1.165, 1.54) is 6.92 Å². The van der Waals surface area contributed by atoms with E-state index >= 15 is 0 Å². The SMILES string of the molecule is CSC(=O)CCCC(=O)NC(C(=O)NC(CCCNC(N)=O)C(=O)Nc1ccc(CONC(=O)CCCCCNC(C)=O)cc1)C(C)C. The van der Waals surface area contributed by atoms with Crippen molar-refractivity contribution in [3.05, 3.63) is 29.8 Å². The summed E-state index contributed by atoms with van der Waals surface area (Å²) < 4.78 is 0. The molecule has 48 heavy (non-hydrogen) atoms. The number of unbranched alkanes of at least 4 members (excludes halogenated alkanes) is 2. The first-order chi connectivity index (χ1) is 22.8. The Morgan fingerprint density at radius 1 is 0.792 bits per heavy atom. The van der Waals surface area contributed by atoms with E-state index in [0.717, 1.165) is 30.2 Å². The molecule has 0 aromatic heterocycles. The largest absolute Gasteiger partial charge is 0.356 e. The Morgan fingerprint density at radius 2 is 1.46 bits per heavy atom. The Morgan fingerprint density at radius 3 is 2.08 bits per heavy atom. The third kappa shape index (κ3) is 19.5. The highest BCUT2D eigenvalue weighted by molar-refractivity contribution is 8.13. The highest BCUT2D eigenvalue weighted by atomic mass is 32.2. The molecule has 2 atom stereocenters. The number of hydrogen-bond donors (Lipinski definition) is 7. The van der Waals surface area contributed by atoms with Crippen molar-refractivity contribution in [3.63, 3.8) is 0 Å². The number of amides is 7. The van der Waals surface area contributed by atoms with Crippen LogP contribution in [0, 0.1) is 5.92 Å². The zero-order chi connectivity index (χ0) is 35.9. The second kappa shape index (κ2) is 24.0. The summed E-state index contributed by atoms with van der Waals surface area (Å²) in [6.45, 7) is 5.87. The van der Waals surface area contributed by atoms with Gasteiger partial charge < -0.3 is 32.3 Å². The number of carbonyl (C=O) groups is 7. The number of hydrogen-bond acceptors (Lipinski definition) is 9. The smallest absolute Gasteiger partial charge is 0.312 e. The van der Waals surface area contributed by atoms with Crippen LogP contribution in [0.3, 0.4) is 0 Å². The second-order valence-electron chi connectivity index (χ2n) is 11.5. The summed E-state index contributed by atoms with van der Waals surface area (Å²) >= 11 is 1.10. The lowest BCUT2D eigenvalue weighted by Crippen LogP contribution is -2.54. The van der Waals surface area contributed by atoms with Crippen LogP contribution in [-0.4, -0.2) is 72.1 Å². The first-order valence-corrected chi connectivity index (χ1v) is 17.3.